The van der Waals surface area contributed by atoms with E-state index in [1.54, 1.807) is 0 Å². The second-order valence-corrected chi connectivity index (χ2v) is 8.94. The number of hydrogen-bond donors (Lipinski definition) is 1. The van der Waals surface area contributed by atoms with Crippen LogP contribution in [-0.2, 0) is 19.9 Å². The van der Waals surface area contributed by atoms with Crippen molar-refractivity contribution in [2.24, 2.45) is 13.0 Å². The van der Waals surface area contributed by atoms with Crippen LogP contribution < -0.4 is 5.32 Å². The fourth-order valence-electron chi connectivity index (χ4n) is 4.84. The zero-order valence-electron chi connectivity index (χ0n) is 19.0. The van der Waals surface area contributed by atoms with Gasteiger partial charge in [0, 0.05) is 25.2 Å². The first kappa shape index (κ1) is 21.8. The number of aromatic nitrogens is 2. The molecule has 164 valence electrons. The number of benzene rings is 2. The smallest absolute Gasteiger partial charge is 0.0671 e. The van der Waals surface area contributed by atoms with Gasteiger partial charge in [0.05, 0.1) is 5.69 Å². The molecule has 0 amide bonds. The third-order valence-corrected chi connectivity index (χ3v) is 6.74. The average Bonchev–Trinajstić information content (AvgIpc) is 3.15. The molecule has 1 aliphatic heterocycles. The van der Waals surface area contributed by atoms with Crippen molar-refractivity contribution in [1.29, 1.82) is 0 Å². The van der Waals surface area contributed by atoms with Gasteiger partial charge in [0.15, 0.2) is 0 Å². The van der Waals surface area contributed by atoms with E-state index in [4.69, 9.17) is 5.10 Å². The highest BCUT2D eigenvalue weighted by atomic mass is 15.3. The summed E-state index contributed by atoms with van der Waals surface area (Å²) in [6.07, 6.45) is 5.80. The van der Waals surface area contributed by atoms with Crippen LogP contribution >= 0.6 is 0 Å². The van der Waals surface area contributed by atoms with Crippen LogP contribution in [0.2, 0.25) is 0 Å². The van der Waals surface area contributed by atoms with Gasteiger partial charge in [-0.25, -0.2) is 0 Å². The highest BCUT2D eigenvalue weighted by Gasteiger charge is 2.21. The van der Waals surface area contributed by atoms with Crippen molar-refractivity contribution < 1.29 is 0 Å². The number of piperidine rings is 1. The standard InChI is InChI=1S/C27H36N4/c1-28-27(24-11-7-4-8-12-24)15-18-31-16-13-23(14-17-31)20-26-21-25(29-30(26)2)19-22-9-5-3-6-10-22/h3-12,21,23,27-28H,13-20H2,1-2H3/t27-/m0/s1. The molecule has 1 aromatic heterocycles. The second kappa shape index (κ2) is 10.7. The van der Waals surface area contributed by atoms with E-state index in [9.17, 15) is 0 Å². The van der Waals surface area contributed by atoms with Gasteiger partial charge in [0.2, 0.25) is 0 Å². The Balaban J connectivity index is 1.24. The summed E-state index contributed by atoms with van der Waals surface area (Å²) in [6.45, 7) is 3.59. The molecule has 4 heteroatoms. The Morgan fingerprint density at radius 1 is 1.00 bits per heavy atom. The Kier molecular flexibility index (Phi) is 7.55. The first-order valence-corrected chi connectivity index (χ1v) is 11.7. The molecule has 0 unspecified atom stereocenters. The average molecular weight is 417 g/mol. The maximum absolute atomic E-state index is 4.77. The molecule has 1 atom stereocenters. The van der Waals surface area contributed by atoms with Gasteiger partial charge < -0.3 is 10.2 Å². The lowest BCUT2D eigenvalue weighted by Crippen LogP contribution is -2.36. The van der Waals surface area contributed by atoms with E-state index in [1.807, 2.05) is 0 Å². The SMILES string of the molecule is CN[C@@H](CCN1CCC(Cc2cc(Cc3ccccc3)nn2C)CC1)c1ccccc1. The van der Waals surface area contributed by atoms with E-state index in [0.29, 0.717) is 6.04 Å². The van der Waals surface area contributed by atoms with Gasteiger partial charge in [-0.2, -0.15) is 5.10 Å². The first-order chi connectivity index (χ1) is 15.2. The molecule has 0 bridgehead atoms. The molecule has 2 aromatic carbocycles. The molecule has 2 heterocycles. The van der Waals surface area contributed by atoms with Gasteiger partial charge >= 0.3 is 0 Å². The number of rotatable bonds is 9. The predicted molar refractivity (Wildman–Crippen MR) is 128 cm³/mol. The second-order valence-electron chi connectivity index (χ2n) is 8.94. The quantitative estimate of drug-likeness (QED) is 0.553. The van der Waals surface area contributed by atoms with Crippen LogP contribution in [0.15, 0.2) is 66.7 Å². The molecule has 1 fully saturated rings. The van der Waals surface area contributed by atoms with Crippen LogP contribution in [0.25, 0.3) is 0 Å². The molecular weight excluding hydrogens is 380 g/mol. The minimum Gasteiger partial charge on any atom is -0.313 e. The molecule has 1 saturated heterocycles. The van der Waals surface area contributed by atoms with Crippen molar-refractivity contribution in [2.45, 2.75) is 38.1 Å². The summed E-state index contributed by atoms with van der Waals surface area (Å²) in [6, 6.07) is 24.2. The Bertz CT molecular complexity index is 911. The molecular formula is C27H36N4. The maximum atomic E-state index is 4.77. The van der Waals surface area contributed by atoms with Gasteiger partial charge in [-0.15, -0.1) is 0 Å². The van der Waals surface area contributed by atoms with Crippen LogP contribution in [0.4, 0.5) is 0 Å². The summed E-state index contributed by atoms with van der Waals surface area (Å²) in [5.41, 5.74) is 5.28. The third kappa shape index (κ3) is 6.05. The molecule has 31 heavy (non-hydrogen) atoms. The molecule has 4 rings (SSSR count). The maximum Gasteiger partial charge on any atom is 0.0671 e. The van der Waals surface area contributed by atoms with Crippen molar-refractivity contribution in [1.82, 2.24) is 20.0 Å². The Morgan fingerprint density at radius 3 is 2.35 bits per heavy atom. The van der Waals surface area contributed by atoms with E-state index in [2.05, 4.69) is 95.7 Å². The van der Waals surface area contributed by atoms with Crippen LogP contribution in [-0.4, -0.2) is 41.4 Å². The number of nitrogens with zero attached hydrogens (tertiary/aromatic N) is 3. The van der Waals surface area contributed by atoms with E-state index in [1.165, 1.54) is 55.0 Å². The number of nitrogens with one attached hydrogen (secondary N) is 1. The van der Waals surface area contributed by atoms with Crippen molar-refractivity contribution in [3.63, 3.8) is 0 Å². The first-order valence-electron chi connectivity index (χ1n) is 11.7. The zero-order valence-corrected chi connectivity index (χ0v) is 19.0. The zero-order chi connectivity index (χ0) is 21.5. The lowest BCUT2D eigenvalue weighted by Gasteiger charge is -2.33. The van der Waals surface area contributed by atoms with Crippen molar-refractivity contribution in [3.8, 4) is 0 Å². The fourth-order valence-corrected chi connectivity index (χ4v) is 4.84. The van der Waals surface area contributed by atoms with E-state index < -0.39 is 0 Å². The monoisotopic (exact) mass is 416 g/mol. The largest absolute Gasteiger partial charge is 0.313 e. The van der Waals surface area contributed by atoms with Crippen LogP contribution in [0.3, 0.4) is 0 Å². The van der Waals surface area contributed by atoms with Crippen molar-refractivity contribution in [2.75, 3.05) is 26.7 Å². The Morgan fingerprint density at radius 2 is 1.68 bits per heavy atom. The van der Waals surface area contributed by atoms with Crippen LogP contribution in [0.5, 0.6) is 0 Å². The van der Waals surface area contributed by atoms with Gasteiger partial charge in [-0.1, -0.05) is 60.7 Å². The van der Waals surface area contributed by atoms with E-state index >= 15 is 0 Å². The van der Waals surface area contributed by atoms with Gasteiger partial charge in [-0.3, -0.25) is 4.68 Å². The van der Waals surface area contributed by atoms with Gasteiger partial charge in [0.25, 0.3) is 0 Å². The van der Waals surface area contributed by atoms with Crippen molar-refractivity contribution >= 4 is 0 Å². The summed E-state index contributed by atoms with van der Waals surface area (Å²) in [5.74, 6) is 0.769. The third-order valence-electron chi connectivity index (χ3n) is 6.74. The lowest BCUT2D eigenvalue weighted by atomic mass is 9.91. The van der Waals surface area contributed by atoms with E-state index in [-0.39, 0.29) is 0 Å². The molecule has 1 N–H and O–H groups in total. The van der Waals surface area contributed by atoms with Gasteiger partial charge in [-0.05, 0) is 75.5 Å². The van der Waals surface area contributed by atoms with Gasteiger partial charge in [0.1, 0.15) is 0 Å². The summed E-state index contributed by atoms with van der Waals surface area (Å²) in [4.78, 5) is 2.65. The van der Waals surface area contributed by atoms with Crippen molar-refractivity contribution in [3.05, 3.63) is 89.2 Å². The lowest BCUT2D eigenvalue weighted by molar-refractivity contribution is 0.176. The molecule has 4 nitrogen and oxygen atoms in total. The molecule has 0 radical (unpaired) electrons. The summed E-state index contributed by atoms with van der Waals surface area (Å²) < 4.78 is 2.10. The molecule has 0 spiro atoms. The Labute approximate surface area is 187 Å². The number of likely N-dealkylation sites (tertiary alicyclic amines) is 1. The predicted octanol–water partition coefficient (Wildman–Crippen LogP) is 4.62. The highest BCUT2D eigenvalue weighted by molar-refractivity contribution is 5.23. The van der Waals surface area contributed by atoms with Crippen LogP contribution in [0.1, 0.15) is 47.8 Å². The highest BCUT2D eigenvalue weighted by Crippen LogP contribution is 2.24. The van der Waals surface area contributed by atoms with E-state index in [0.717, 1.165) is 25.2 Å². The normalized spacial score (nSPS) is 16.5. The minimum atomic E-state index is 0.441. The molecule has 1 aliphatic rings. The number of hydrogen-bond acceptors (Lipinski definition) is 3. The minimum absolute atomic E-state index is 0.441. The Hall–Kier alpha value is -2.43. The number of aryl methyl sites for hydroxylation is 1. The topological polar surface area (TPSA) is 33.1 Å². The summed E-state index contributed by atoms with van der Waals surface area (Å²) >= 11 is 0. The fraction of sp³-hybridized carbons (Fsp3) is 0.444. The molecule has 0 aliphatic carbocycles. The molecule has 3 aromatic rings. The molecule has 0 saturated carbocycles. The van der Waals surface area contributed by atoms with Crippen LogP contribution in [0, 0.1) is 5.92 Å². The summed E-state index contributed by atoms with van der Waals surface area (Å²) in [5, 5.41) is 8.26. The summed E-state index contributed by atoms with van der Waals surface area (Å²) in [7, 11) is 4.17.